The second-order valence-corrected chi connectivity index (χ2v) is 6.52. The minimum absolute atomic E-state index is 0.146. The van der Waals surface area contributed by atoms with Gasteiger partial charge in [-0.3, -0.25) is 4.79 Å². The highest BCUT2D eigenvalue weighted by molar-refractivity contribution is 5.76. The topological polar surface area (TPSA) is 108 Å². The van der Waals surface area contributed by atoms with Crippen LogP contribution < -0.4 is 5.32 Å². The molecule has 0 radical (unpaired) electrons. The molecule has 0 aliphatic carbocycles. The zero-order chi connectivity index (χ0) is 18.1. The lowest BCUT2D eigenvalue weighted by Crippen LogP contribution is -2.58. The van der Waals surface area contributed by atoms with Crippen LogP contribution >= 0.6 is 0 Å². The van der Waals surface area contributed by atoms with Gasteiger partial charge in [-0.1, -0.05) is 39.0 Å². The van der Waals surface area contributed by atoms with Gasteiger partial charge >= 0.3 is 0 Å². The molecule has 0 spiro atoms. The fourth-order valence-corrected chi connectivity index (χ4v) is 2.82. The molecule has 0 bridgehead atoms. The molecule has 7 heteroatoms. The minimum atomic E-state index is -1.34. The number of hydrogen-bond donors (Lipinski definition) is 4. The summed E-state index contributed by atoms with van der Waals surface area (Å²) in [6.45, 7) is 3.76. The fraction of sp³-hybridized carbons (Fsp3) is 0.941. The lowest BCUT2D eigenvalue weighted by molar-refractivity contribution is -0.304. The Kier molecular flexibility index (Phi) is 9.76. The van der Waals surface area contributed by atoms with Crippen LogP contribution in [0.25, 0.3) is 0 Å². The molecule has 1 saturated heterocycles. The quantitative estimate of drug-likeness (QED) is 0.433. The van der Waals surface area contributed by atoms with Gasteiger partial charge in [0.2, 0.25) is 5.91 Å². The summed E-state index contributed by atoms with van der Waals surface area (Å²) in [5.41, 5.74) is 0. The first-order valence-corrected chi connectivity index (χ1v) is 8.96. The van der Waals surface area contributed by atoms with Crippen LogP contribution in [0, 0.1) is 0 Å². The Morgan fingerprint density at radius 3 is 2.42 bits per heavy atom. The van der Waals surface area contributed by atoms with Gasteiger partial charge in [-0.2, -0.15) is 0 Å². The molecule has 0 aromatic carbocycles. The summed E-state index contributed by atoms with van der Waals surface area (Å²) < 4.78 is 11.2. The third-order valence-electron chi connectivity index (χ3n) is 4.46. The van der Waals surface area contributed by atoms with Crippen LogP contribution in [-0.2, 0) is 14.3 Å². The van der Waals surface area contributed by atoms with Crippen molar-refractivity contribution in [1.29, 1.82) is 0 Å². The first kappa shape index (κ1) is 21.3. The summed E-state index contributed by atoms with van der Waals surface area (Å²) in [6.07, 6.45) is 0.389. The molecule has 142 valence electrons. The van der Waals surface area contributed by atoms with E-state index in [0.717, 1.165) is 19.3 Å². The third-order valence-corrected chi connectivity index (χ3v) is 4.46. The number of aliphatic hydroxyl groups is 3. The minimum Gasteiger partial charge on any atom is -0.388 e. The molecule has 0 aromatic rings. The van der Waals surface area contributed by atoms with Crippen molar-refractivity contribution < 1.29 is 29.6 Å². The number of nitrogens with one attached hydrogen (secondary N) is 1. The van der Waals surface area contributed by atoms with Gasteiger partial charge in [0.1, 0.15) is 18.3 Å². The van der Waals surface area contributed by atoms with E-state index in [9.17, 15) is 20.1 Å². The van der Waals surface area contributed by atoms with Crippen LogP contribution in [0.4, 0.5) is 0 Å². The number of unbranched alkanes of at least 4 members (excludes halogenated alkanes) is 4. The highest BCUT2D eigenvalue weighted by Gasteiger charge is 2.43. The molecule has 1 aliphatic rings. The predicted octanol–water partition coefficient (Wildman–Crippen LogP) is 0.696. The molecule has 1 rings (SSSR count). The second-order valence-electron chi connectivity index (χ2n) is 6.52. The highest BCUT2D eigenvalue weighted by Crippen LogP contribution is 2.24. The Morgan fingerprint density at radius 2 is 1.79 bits per heavy atom. The van der Waals surface area contributed by atoms with Crippen molar-refractivity contribution in [1.82, 2.24) is 5.32 Å². The number of amides is 1. The highest BCUT2D eigenvalue weighted by atomic mass is 16.7. The molecule has 7 nitrogen and oxygen atoms in total. The van der Waals surface area contributed by atoms with E-state index in [1.54, 1.807) is 14.0 Å². The van der Waals surface area contributed by atoms with Crippen molar-refractivity contribution in [3.05, 3.63) is 0 Å². The number of rotatable bonds is 10. The number of carbonyl (C=O) groups is 1. The lowest BCUT2D eigenvalue weighted by Gasteiger charge is -2.40. The normalized spacial score (nSPS) is 31.7. The second kappa shape index (κ2) is 11.0. The SMILES string of the molecule is CCCCCCCC(CC(=O)NC)O[C@@H]1O[C@@H](C)[C@H](O)[C@@H](O)[C@H]1O. The molecule has 1 fully saturated rings. The molecule has 1 unspecified atom stereocenters. The Balaban J connectivity index is 2.57. The van der Waals surface area contributed by atoms with Gasteiger partial charge < -0.3 is 30.1 Å². The third kappa shape index (κ3) is 6.64. The Morgan fingerprint density at radius 1 is 1.12 bits per heavy atom. The van der Waals surface area contributed by atoms with Crippen molar-refractivity contribution >= 4 is 5.91 Å². The van der Waals surface area contributed by atoms with E-state index in [1.165, 1.54) is 12.8 Å². The van der Waals surface area contributed by atoms with Gasteiger partial charge in [0, 0.05) is 7.05 Å². The maximum atomic E-state index is 11.7. The van der Waals surface area contributed by atoms with Gasteiger partial charge in [-0.05, 0) is 13.3 Å². The van der Waals surface area contributed by atoms with E-state index in [1.807, 2.05) is 0 Å². The maximum absolute atomic E-state index is 11.7. The molecular weight excluding hydrogens is 314 g/mol. The first-order chi connectivity index (χ1) is 11.4. The summed E-state index contributed by atoms with van der Waals surface area (Å²) in [6, 6.07) is 0. The van der Waals surface area contributed by atoms with E-state index >= 15 is 0 Å². The summed E-state index contributed by atoms with van der Waals surface area (Å²) in [5.74, 6) is -0.146. The molecule has 6 atom stereocenters. The average molecular weight is 347 g/mol. The predicted molar refractivity (Wildman–Crippen MR) is 89.3 cm³/mol. The van der Waals surface area contributed by atoms with Crippen LogP contribution in [-0.4, -0.2) is 65.1 Å². The number of ether oxygens (including phenoxy) is 2. The van der Waals surface area contributed by atoms with Crippen molar-refractivity contribution in [2.45, 2.75) is 95.6 Å². The Bertz CT molecular complexity index is 367. The summed E-state index contributed by atoms with van der Waals surface area (Å²) in [4.78, 5) is 11.7. The van der Waals surface area contributed by atoms with E-state index in [2.05, 4.69) is 12.2 Å². The standard InChI is InChI=1S/C17H33NO6/c1-4-5-6-7-8-9-12(10-13(19)18-3)24-17-16(22)15(21)14(20)11(2)23-17/h11-12,14-17,20-22H,4-10H2,1-3H3,(H,18,19)/t11-,12?,14-,15+,16+,17-/m0/s1. The van der Waals surface area contributed by atoms with Crippen LogP contribution in [0.1, 0.15) is 58.8 Å². The van der Waals surface area contributed by atoms with Gasteiger partial charge in [0.25, 0.3) is 0 Å². The molecule has 1 heterocycles. The van der Waals surface area contributed by atoms with Crippen LogP contribution in [0.2, 0.25) is 0 Å². The summed E-state index contributed by atoms with van der Waals surface area (Å²) in [7, 11) is 1.56. The van der Waals surface area contributed by atoms with E-state index < -0.39 is 36.8 Å². The maximum Gasteiger partial charge on any atom is 0.222 e. The molecule has 1 aliphatic heterocycles. The molecule has 24 heavy (non-hydrogen) atoms. The molecule has 0 saturated carbocycles. The van der Waals surface area contributed by atoms with Gasteiger partial charge in [-0.15, -0.1) is 0 Å². The van der Waals surface area contributed by atoms with Gasteiger partial charge in [-0.25, -0.2) is 0 Å². The van der Waals surface area contributed by atoms with Crippen LogP contribution in [0.3, 0.4) is 0 Å². The molecular formula is C17H33NO6. The van der Waals surface area contributed by atoms with Crippen molar-refractivity contribution in [3.8, 4) is 0 Å². The zero-order valence-electron chi connectivity index (χ0n) is 15.0. The Hall–Kier alpha value is -0.730. The first-order valence-electron chi connectivity index (χ1n) is 8.96. The molecule has 0 aromatic heterocycles. The summed E-state index contributed by atoms with van der Waals surface area (Å²) >= 11 is 0. The average Bonchev–Trinajstić information content (AvgIpc) is 2.57. The largest absolute Gasteiger partial charge is 0.388 e. The van der Waals surface area contributed by atoms with Crippen molar-refractivity contribution in [2.24, 2.45) is 0 Å². The summed E-state index contributed by atoms with van der Waals surface area (Å²) in [5, 5.41) is 32.2. The van der Waals surface area contributed by atoms with Gasteiger partial charge in [0.05, 0.1) is 18.6 Å². The number of hydrogen-bond acceptors (Lipinski definition) is 6. The van der Waals surface area contributed by atoms with E-state index in [0.29, 0.717) is 6.42 Å². The van der Waals surface area contributed by atoms with E-state index in [4.69, 9.17) is 9.47 Å². The number of aliphatic hydroxyl groups excluding tert-OH is 3. The zero-order valence-corrected chi connectivity index (χ0v) is 15.0. The van der Waals surface area contributed by atoms with E-state index in [-0.39, 0.29) is 12.3 Å². The number of carbonyl (C=O) groups excluding carboxylic acids is 1. The van der Waals surface area contributed by atoms with Crippen LogP contribution in [0.15, 0.2) is 0 Å². The lowest BCUT2D eigenvalue weighted by atomic mass is 9.99. The smallest absolute Gasteiger partial charge is 0.222 e. The Labute approximate surface area is 144 Å². The monoisotopic (exact) mass is 347 g/mol. The van der Waals surface area contributed by atoms with Crippen molar-refractivity contribution in [3.63, 3.8) is 0 Å². The fourth-order valence-electron chi connectivity index (χ4n) is 2.82. The molecule has 1 amide bonds. The van der Waals surface area contributed by atoms with Crippen molar-refractivity contribution in [2.75, 3.05) is 7.05 Å². The molecule has 4 N–H and O–H groups in total. The van der Waals surface area contributed by atoms with Gasteiger partial charge in [0.15, 0.2) is 6.29 Å². The van der Waals surface area contributed by atoms with Crippen LogP contribution in [0.5, 0.6) is 0 Å².